The molecule has 1 aliphatic rings. The Bertz CT molecular complexity index is 1140. The van der Waals surface area contributed by atoms with Crippen molar-refractivity contribution in [2.45, 2.75) is 6.42 Å². The van der Waals surface area contributed by atoms with Crippen LogP contribution in [-0.2, 0) is 11.2 Å². The maximum Gasteiger partial charge on any atom is 0.311 e. The Morgan fingerprint density at radius 3 is 2.53 bits per heavy atom. The number of phenolic OH excluding ortho intramolecular Hbond substituents is 1. The molecule has 3 aromatic carbocycles. The van der Waals surface area contributed by atoms with Crippen molar-refractivity contribution in [1.82, 2.24) is 0 Å². The minimum atomic E-state index is -0.597. The predicted molar refractivity (Wildman–Crippen MR) is 126 cm³/mol. The largest absolute Gasteiger partial charge is 0.502 e. The number of nitro groups is 1. The summed E-state index contributed by atoms with van der Waals surface area (Å²) in [7, 11) is 0. The Hall–Kier alpha value is -3.42. The molecule has 0 bridgehead atoms. The number of phenols is 1. The van der Waals surface area contributed by atoms with Gasteiger partial charge in [-0.3, -0.25) is 15.1 Å². The summed E-state index contributed by atoms with van der Waals surface area (Å²) in [6.07, 6.45) is 1.85. The number of aromatic hydroxyl groups is 1. The number of hydrogen-bond acceptors (Lipinski definition) is 6. The number of halogens is 1. The van der Waals surface area contributed by atoms with Crippen LogP contribution in [0.2, 0.25) is 5.02 Å². The molecule has 1 heterocycles. The van der Waals surface area contributed by atoms with Crippen LogP contribution < -0.4 is 4.90 Å². The normalized spacial score (nSPS) is 14.1. The highest BCUT2D eigenvalue weighted by Crippen LogP contribution is 2.32. The van der Waals surface area contributed by atoms with Crippen molar-refractivity contribution in [3.05, 3.63) is 92.5 Å². The average molecular weight is 452 g/mol. The molecule has 1 fully saturated rings. The van der Waals surface area contributed by atoms with Crippen molar-refractivity contribution < 1.29 is 14.8 Å². The van der Waals surface area contributed by atoms with E-state index in [9.17, 15) is 15.2 Å². The number of benzene rings is 3. The van der Waals surface area contributed by atoms with E-state index >= 15 is 0 Å². The Balaban J connectivity index is 1.59. The second kappa shape index (κ2) is 9.80. The molecular formula is C24H22ClN3O4. The lowest BCUT2D eigenvalue weighted by Crippen LogP contribution is -2.36. The summed E-state index contributed by atoms with van der Waals surface area (Å²) in [5.41, 5.74) is 3.19. The van der Waals surface area contributed by atoms with E-state index in [1.807, 2.05) is 42.5 Å². The van der Waals surface area contributed by atoms with E-state index in [0.717, 1.165) is 24.3 Å². The van der Waals surface area contributed by atoms with Crippen LogP contribution >= 0.6 is 11.6 Å². The van der Waals surface area contributed by atoms with Gasteiger partial charge >= 0.3 is 5.69 Å². The van der Waals surface area contributed by atoms with Crippen molar-refractivity contribution in [3.63, 3.8) is 0 Å². The van der Waals surface area contributed by atoms with E-state index in [4.69, 9.17) is 16.3 Å². The van der Waals surface area contributed by atoms with Gasteiger partial charge in [-0.1, -0.05) is 29.8 Å². The smallest absolute Gasteiger partial charge is 0.311 e. The van der Waals surface area contributed by atoms with Crippen LogP contribution in [-0.4, -0.2) is 42.5 Å². The fourth-order valence-electron chi connectivity index (χ4n) is 3.62. The van der Waals surface area contributed by atoms with Crippen molar-refractivity contribution in [3.8, 4) is 5.75 Å². The SMILES string of the molecule is O=[N+]([O-])c1cc(Cc2ccccc2Cl)cc(C=Nc2ccc(N3CCOCC3)cc2)c1O. The Kier molecular flexibility index (Phi) is 6.68. The Labute approximate surface area is 190 Å². The third kappa shape index (κ3) is 5.07. The first-order valence-electron chi connectivity index (χ1n) is 10.2. The van der Waals surface area contributed by atoms with Crippen molar-refractivity contribution in [2.24, 2.45) is 4.99 Å². The highest BCUT2D eigenvalue weighted by molar-refractivity contribution is 6.31. The molecule has 7 nitrogen and oxygen atoms in total. The summed E-state index contributed by atoms with van der Waals surface area (Å²) >= 11 is 6.24. The molecule has 0 aliphatic carbocycles. The fourth-order valence-corrected chi connectivity index (χ4v) is 3.82. The van der Waals surface area contributed by atoms with Crippen LogP contribution in [0.1, 0.15) is 16.7 Å². The van der Waals surface area contributed by atoms with Crippen molar-refractivity contribution >= 4 is 34.9 Å². The predicted octanol–water partition coefficient (Wildman–Crippen LogP) is 5.13. The van der Waals surface area contributed by atoms with Crippen LogP contribution in [0.5, 0.6) is 5.75 Å². The van der Waals surface area contributed by atoms with E-state index in [0.29, 0.717) is 35.9 Å². The number of nitrogens with zero attached hydrogens (tertiary/aromatic N) is 3. The fraction of sp³-hybridized carbons (Fsp3) is 0.208. The third-order valence-corrected chi connectivity index (χ3v) is 5.68. The lowest BCUT2D eigenvalue weighted by atomic mass is 10.0. The van der Waals surface area contributed by atoms with Gasteiger partial charge in [-0.15, -0.1) is 0 Å². The molecule has 1 N–H and O–H groups in total. The van der Waals surface area contributed by atoms with Gasteiger partial charge in [0.2, 0.25) is 5.75 Å². The zero-order valence-electron chi connectivity index (χ0n) is 17.3. The first-order valence-corrected chi connectivity index (χ1v) is 10.6. The molecule has 32 heavy (non-hydrogen) atoms. The summed E-state index contributed by atoms with van der Waals surface area (Å²) in [5, 5.41) is 22.5. The van der Waals surface area contributed by atoms with Crippen LogP contribution in [0.15, 0.2) is 65.7 Å². The van der Waals surface area contributed by atoms with Gasteiger partial charge in [0, 0.05) is 41.6 Å². The van der Waals surface area contributed by atoms with Gasteiger partial charge in [-0.2, -0.15) is 0 Å². The summed E-state index contributed by atoms with van der Waals surface area (Å²) in [6.45, 7) is 3.11. The van der Waals surface area contributed by atoms with Gasteiger partial charge < -0.3 is 14.7 Å². The maximum atomic E-state index is 11.5. The maximum absolute atomic E-state index is 11.5. The number of hydrogen-bond donors (Lipinski definition) is 1. The minimum Gasteiger partial charge on any atom is -0.502 e. The lowest BCUT2D eigenvalue weighted by molar-refractivity contribution is -0.385. The molecule has 0 saturated carbocycles. The standard InChI is InChI=1S/C24H22ClN3O4/c25-22-4-2-1-3-18(22)13-17-14-19(24(29)23(15-17)28(30)31)16-26-20-5-7-21(8-6-20)27-9-11-32-12-10-27/h1-8,14-16,29H,9-13H2. The number of nitro benzene ring substituents is 1. The van der Waals surface area contributed by atoms with Gasteiger partial charge in [0.1, 0.15) is 0 Å². The second-order valence-electron chi connectivity index (χ2n) is 7.45. The van der Waals surface area contributed by atoms with Crippen molar-refractivity contribution in [2.75, 3.05) is 31.2 Å². The van der Waals surface area contributed by atoms with Gasteiger partial charge in [-0.05, 0) is 53.9 Å². The molecule has 0 aromatic heterocycles. The molecule has 8 heteroatoms. The molecule has 0 radical (unpaired) electrons. The minimum absolute atomic E-state index is 0.276. The Morgan fingerprint density at radius 2 is 1.84 bits per heavy atom. The Morgan fingerprint density at radius 1 is 1.12 bits per heavy atom. The molecule has 0 unspecified atom stereocenters. The van der Waals surface area contributed by atoms with Crippen LogP contribution in [0.4, 0.5) is 17.1 Å². The molecule has 0 amide bonds. The van der Waals surface area contributed by atoms with E-state index in [1.165, 1.54) is 12.3 Å². The average Bonchev–Trinajstić information content (AvgIpc) is 2.81. The van der Waals surface area contributed by atoms with E-state index < -0.39 is 10.7 Å². The number of anilines is 1. The first-order chi connectivity index (χ1) is 15.5. The van der Waals surface area contributed by atoms with Gasteiger partial charge in [0.25, 0.3) is 0 Å². The highest BCUT2D eigenvalue weighted by Gasteiger charge is 2.19. The number of morpholine rings is 1. The zero-order valence-corrected chi connectivity index (χ0v) is 18.0. The quantitative estimate of drug-likeness (QED) is 0.319. The summed E-state index contributed by atoms with van der Waals surface area (Å²) in [4.78, 5) is 17.5. The molecule has 0 spiro atoms. The molecule has 1 aliphatic heterocycles. The monoisotopic (exact) mass is 451 g/mol. The van der Waals surface area contributed by atoms with E-state index in [-0.39, 0.29) is 11.3 Å². The lowest BCUT2D eigenvalue weighted by Gasteiger charge is -2.28. The van der Waals surface area contributed by atoms with Crippen molar-refractivity contribution in [1.29, 1.82) is 0 Å². The van der Waals surface area contributed by atoms with Gasteiger partial charge in [0.05, 0.1) is 23.8 Å². The van der Waals surface area contributed by atoms with E-state index in [2.05, 4.69) is 9.89 Å². The van der Waals surface area contributed by atoms with Crippen LogP contribution in [0.25, 0.3) is 0 Å². The third-order valence-electron chi connectivity index (χ3n) is 5.31. The van der Waals surface area contributed by atoms with Crippen LogP contribution in [0.3, 0.4) is 0 Å². The van der Waals surface area contributed by atoms with Gasteiger partial charge in [0.15, 0.2) is 0 Å². The highest BCUT2D eigenvalue weighted by atomic mass is 35.5. The molecule has 4 rings (SSSR count). The summed E-state index contributed by atoms with van der Waals surface area (Å²) < 4.78 is 5.38. The van der Waals surface area contributed by atoms with Crippen LogP contribution in [0, 0.1) is 10.1 Å². The first kappa shape index (κ1) is 21.8. The summed E-state index contributed by atoms with van der Waals surface area (Å²) in [5.74, 6) is -0.411. The molecular weight excluding hydrogens is 430 g/mol. The molecule has 3 aromatic rings. The number of ether oxygens (including phenoxy) is 1. The number of rotatable bonds is 6. The van der Waals surface area contributed by atoms with E-state index in [1.54, 1.807) is 12.1 Å². The summed E-state index contributed by atoms with van der Waals surface area (Å²) in [6, 6.07) is 18.1. The zero-order chi connectivity index (χ0) is 22.5. The molecule has 164 valence electrons. The number of aliphatic imine (C=N–C) groups is 1. The molecule has 0 atom stereocenters. The second-order valence-corrected chi connectivity index (χ2v) is 7.86. The topological polar surface area (TPSA) is 88.2 Å². The van der Waals surface area contributed by atoms with Gasteiger partial charge in [-0.25, -0.2) is 0 Å². The molecule has 1 saturated heterocycles.